The zero-order valence-electron chi connectivity index (χ0n) is 16.6. The molecule has 2 aromatic heterocycles. The van der Waals surface area contributed by atoms with E-state index >= 15 is 0 Å². The molecule has 0 saturated heterocycles. The SMILES string of the molecule is CCCc1cc(Nc2ccc(C(C)C)cc2)[n+]2c([nH]c3ccccc32)c1C#N. The fourth-order valence-corrected chi connectivity index (χ4v) is 3.74. The molecule has 0 amide bonds. The highest BCUT2D eigenvalue weighted by Crippen LogP contribution is 2.25. The molecule has 4 rings (SSSR count). The molecule has 28 heavy (non-hydrogen) atoms. The minimum absolute atomic E-state index is 0.509. The van der Waals surface area contributed by atoms with E-state index in [-0.39, 0.29) is 0 Å². The third kappa shape index (κ3) is 3.10. The number of rotatable bonds is 5. The van der Waals surface area contributed by atoms with Crippen LogP contribution in [0.15, 0.2) is 54.6 Å². The topological polar surface area (TPSA) is 55.7 Å². The van der Waals surface area contributed by atoms with Crippen LogP contribution in [-0.2, 0) is 6.42 Å². The first-order valence-corrected chi connectivity index (χ1v) is 9.87. The zero-order valence-corrected chi connectivity index (χ0v) is 16.6. The number of aromatic amines is 1. The maximum atomic E-state index is 9.83. The summed E-state index contributed by atoms with van der Waals surface area (Å²) in [7, 11) is 0. The second kappa shape index (κ2) is 7.36. The molecule has 0 saturated carbocycles. The first-order chi connectivity index (χ1) is 13.6. The molecule has 0 aliphatic heterocycles. The Morgan fingerprint density at radius 1 is 1.11 bits per heavy atom. The summed E-state index contributed by atoms with van der Waals surface area (Å²) >= 11 is 0. The van der Waals surface area contributed by atoms with Gasteiger partial charge in [-0.1, -0.05) is 51.5 Å². The fraction of sp³-hybridized carbons (Fsp3) is 0.250. The van der Waals surface area contributed by atoms with Crippen molar-refractivity contribution < 1.29 is 4.40 Å². The number of fused-ring (bicyclic) bond motifs is 3. The molecule has 2 heterocycles. The molecule has 4 aromatic rings. The molecule has 4 heteroatoms. The largest absolute Gasteiger partial charge is 0.273 e. The third-order valence-corrected chi connectivity index (χ3v) is 5.21. The Morgan fingerprint density at radius 2 is 1.86 bits per heavy atom. The zero-order chi connectivity index (χ0) is 19.7. The van der Waals surface area contributed by atoms with Crippen molar-refractivity contribution in [3.63, 3.8) is 0 Å². The van der Waals surface area contributed by atoms with E-state index in [9.17, 15) is 5.26 Å². The predicted octanol–water partition coefficient (Wildman–Crippen LogP) is 5.60. The molecule has 0 unspecified atom stereocenters. The minimum Gasteiger partial charge on any atom is -0.273 e. The Bertz CT molecular complexity index is 1180. The van der Waals surface area contributed by atoms with Crippen molar-refractivity contribution in [2.45, 2.75) is 39.5 Å². The number of imidazole rings is 1. The molecular weight excluding hydrogens is 344 g/mol. The standard InChI is InChI=1S/C24H24N4/c1-4-7-18-14-23(26-19-12-10-17(11-13-19)16(2)3)28-22-9-6-5-8-21(22)27-24(28)20(18)15-25/h5-6,8-14,16H,4,7H2,1-3H3,(H,26,27)/p+1. The molecule has 0 fully saturated rings. The van der Waals surface area contributed by atoms with Crippen LogP contribution in [0.3, 0.4) is 0 Å². The highest BCUT2D eigenvalue weighted by molar-refractivity contribution is 5.77. The van der Waals surface area contributed by atoms with Crippen LogP contribution in [0.25, 0.3) is 16.7 Å². The van der Waals surface area contributed by atoms with Gasteiger partial charge in [0.1, 0.15) is 22.7 Å². The molecule has 4 nitrogen and oxygen atoms in total. The highest BCUT2D eigenvalue weighted by atomic mass is 15.1. The van der Waals surface area contributed by atoms with E-state index in [0.717, 1.165) is 52.2 Å². The molecule has 0 aliphatic carbocycles. The van der Waals surface area contributed by atoms with Gasteiger partial charge in [0, 0.05) is 6.07 Å². The van der Waals surface area contributed by atoms with Crippen LogP contribution in [0.4, 0.5) is 11.5 Å². The van der Waals surface area contributed by atoms with Crippen molar-refractivity contribution in [2.24, 2.45) is 0 Å². The van der Waals surface area contributed by atoms with Crippen molar-refractivity contribution in [3.8, 4) is 6.07 Å². The Labute approximate surface area is 165 Å². The van der Waals surface area contributed by atoms with Crippen molar-refractivity contribution in [2.75, 3.05) is 5.32 Å². The average Bonchev–Trinajstić information content (AvgIpc) is 3.08. The van der Waals surface area contributed by atoms with Gasteiger partial charge in [0.15, 0.2) is 0 Å². The van der Waals surface area contributed by atoms with E-state index in [1.165, 1.54) is 5.56 Å². The number of hydrogen-bond acceptors (Lipinski definition) is 2. The van der Waals surface area contributed by atoms with Crippen LogP contribution < -0.4 is 9.72 Å². The summed E-state index contributed by atoms with van der Waals surface area (Å²) in [5.41, 5.74) is 7.06. The van der Waals surface area contributed by atoms with Gasteiger partial charge in [-0.2, -0.15) is 9.66 Å². The number of aryl methyl sites for hydroxylation is 1. The predicted molar refractivity (Wildman–Crippen MR) is 114 cm³/mol. The van der Waals surface area contributed by atoms with Gasteiger partial charge >= 0.3 is 0 Å². The summed E-state index contributed by atoms with van der Waals surface area (Å²) in [6, 6.07) is 21.3. The van der Waals surface area contributed by atoms with Crippen LogP contribution in [0.1, 0.15) is 49.8 Å². The molecule has 0 atom stereocenters. The lowest BCUT2D eigenvalue weighted by molar-refractivity contribution is -0.464. The number of aromatic nitrogens is 2. The monoisotopic (exact) mass is 369 g/mol. The lowest BCUT2D eigenvalue weighted by atomic mass is 10.0. The van der Waals surface area contributed by atoms with Gasteiger partial charge in [-0.15, -0.1) is 0 Å². The molecule has 0 bridgehead atoms. The van der Waals surface area contributed by atoms with Gasteiger partial charge < -0.3 is 0 Å². The Morgan fingerprint density at radius 3 is 2.54 bits per heavy atom. The van der Waals surface area contributed by atoms with Gasteiger partial charge in [-0.05, 0) is 47.7 Å². The highest BCUT2D eigenvalue weighted by Gasteiger charge is 2.21. The number of nitrogens with zero attached hydrogens (tertiary/aromatic N) is 2. The quantitative estimate of drug-likeness (QED) is 0.450. The summed E-state index contributed by atoms with van der Waals surface area (Å²) in [6.45, 7) is 6.54. The molecular formula is C24H25N4+. The molecule has 0 aliphatic rings. The van der Waals surface area contributed by atoms with E-state index in [1.54, 1.807) is 0 Å². The van der Waals surface area contributed by atoms with Crippen molar-refractivity contribution >= 4 is 28.2 Å². The Balaban J connectivity index is 1.92. The molecule has 2 aromatic carbocycles. The van der Waals surface area contributed by atoms with Crippen LogP contribution in [0, 0.1) is 11.3 Å². The summed E-state index contributed by atoms with van der Waals surface area (Å²) in [5, 5.41) is 13.4. The van der Waals surface area contributed by atoms with E-state index in [0.29, 0.717) is 5.92 Å². The van der Waals surface area contributed by atoms with Crippen molar-refractivity contribution in [1.82, 2.24) is 4.98 Å². The third-order valence-electron chi connectivity index (χ3n) is 5.21. The van der Waals surface area contributed by atoms with Gasteiger partial charge in [0.2, 0.25) is 11.5 Å². The first-order valence-electron chi connectivity index (χ1n) is 9.87. The average molecular weight is 369 g/mol. The number of pyridine rings is 1. The van der Waals surface area contributed by atoms with Crippen LogP contribution in [-0.4, -0.2) is 4.98 Å². The van der Waals surface area contributed by atoms with Crippen molar-refractivity contribution in [3.05, 3.63) is 71.3 Å². The van der Waals surface area contributed by atoms with Crippen LogP contribution >= 0.6 is 0 Å². The maximum Gasteiger partial charge on any atom is 0.250 e. The van der Waals surface area contributed by atoms with Gasteiger partial charge in [0.05, 0.1) is 5.69 Å². The number of anilines is 2. The van der Waals surface area contributed by atoms with E-state index in [1.807, 2.05) is 18.2 Å². The fourth-order valence-electron chi connectivity index (χ4n) is 3.74. The normalized spacial score (nSPS) is 11.2. The van der Waals surface area contributed by atoms with Crippen LogP contribution in [0.5, 0.6) is 0 Å². The van der Waals surface area contributed by atoms with Crippen molar-refractivity contribution in [1.29, 1.82) is 5.26 Å². The number of nitriles is 1. The number of para-hydroxylation sites is 2. The lowest BCUT2D eigenvalue weighted by Gasteiger charge is -2.10. The number of nitrogens with one attached hydrogen (secondary N) is 2. The summed E-state index contributed by atoms with van der Waals surface area (Å²) in [5.74, 6) is 1.47. The summed E-state index contributed by atoms with van der Waals surface area (Å²) in [4.78, 5) is 3.45. The van der Waals surface area contributed by atoms with E-state index < -0.39 is 0 Å². The number of benzene rings is 2. The van der Waals surface area contributed by atoms with Gasteiger partial charge in [0.25, 0.3) is 0 Å². The smallest absolute Gasteiger partial charge is 0.250 e. The summed E-state index contributed by atoms with van der Waals surface area (Å²) in [6.07, 6.45) is 1.86. The number of hydrogen-bond donors (Lipinski definition) is 2. The van der Waals surface area contributed by atoms with Gasteiger partial charge in [-0.3, -0.25) is 10.3 Å². The van der Waals surface area contributed by atoms with E-state index in [4.69, 9.17) is 0 Å². The molecule has 0 spiro atoms. The maximum absolute atomic E-state index is 9.83. The molecule has 140 valence electrons. The first kappa shape index (κ1) is 18.1. The second-order valence-corrected chi connectivity index (χ2v) is 7.52. The molecule has 0 radical (unpaired) electrons. The summed E-state index contributed by atoms with van der Waals surface area (Å²) < 4.78 is 2.11. The second-order valence-electron chi connectivity index (χ2n) is 7.52. The van der Waals surface area contributed by atoms with Gasteiger partial charge in [-0.25, -0.2) is 0 Å². The number of H-pyrrole nitrogens is 1. The molecule has 2 N–H and O–H groups in total. The Hall–Kier alpha value is -3.32. The minimum atomic E-state index is 0.509. The Kier molecular flexibility index (Phi) is 4.75. The lowest BCUT2D eigenvalue weighted by Crippen LogP contribution is -2.26. The van der Waals surface area contributed by atoms with Crippen LogP contribution in [0.2, 0.25) is 0 Å². The van der Waals surface area contributed by atoms with E-state index in [2.05, 4.69) is 77.9 Å².